The first-order valence-electron chi connectivity index (χ1n) is 9.19. The van der Waals surface area contributed by atoms with Gasteiger partial charge in [0.25, 0.3) is 11.8 Å². The molecule has 1 N–H and O–H groups in total. The number of amides is 2. The lowest BCUT2D eigenvalue weighted by atomic mass is 10.0. The molecule has 3 rings (SSSR count). The molecule has 1 aliphatic heterocycles. The Morgan fingerprint density at radius 3 is 2.21 bits per heavy atom. The number of piperidine rings is 1. The molecule has 1 aliphatic rings. The van der Waals surface area contributed by atoms with Crippen molar-refractivity contribution in [1.29, 1.82) is 0 Å². The molecular weight excluding hydrogens is 415 g/mol. The highest BCUT2D eigenvalue weighted by Gasteiger charge is 2.26. The molecule has 1 fully saturated rings. The van der Waals surface area contributed by atoms with Gasteiger partial charge in [0.15, 0.2) is 0 Å². The lowest BCUT2D eigenvalue weighted by Crippen LogP contribution is -2.46. The SMILES string of the molecule is COc1cc(OC)cc(C(=O)NC2CCN(C(=O)c3cc(Cl)ccc3Cl)CC2)c1. The zero-order valence-corrected chi connectivity index (χ0v) is 17.7. The van der Waals surface area contributed by atoms with Crippen LogP contribution in [-0.4, -0.2) is 50.1 Å². The molecule has 0 radical (unpaired) electrons. The minimum absolute atomic E-state index is 0.0291. The number of carbonyl (C=O) groups is 2. The fourth-order valence-electron chi connectivity index (χ4n) is 3.27. The molecule has 0 aliphatic carbocycles. The monoisotopic (exact) mass is 436 g/mol. The Morgan fingerprint density at radius 2 is 1.62 bits per heavy atom. The third kappa shape index (κ3) is 5.14. The van der Waals surface area contributed by atoms with E-state index in [1.54, 1.807) is 41.3 Å². The van der Waals surface area contributed by atoms with Crippen molar-refractivity contribution >= 4 is 35.0 Å². The average molecular weight is 437 g/mol. The van der Waals surface area contributed by atoms with E-state index in [9.17, 15) is 9.59 Å². The van der Waals surface area contributed by atoms with Gasteiger partial charge in [0.05, 0.1) is 24.8 Å². The fourth-order valence-corrected chi connectivity index (χ4v) is 3.64. The highest BCUT2D eigenvalue weighted by Crippen LogP contribution is 2.25. The Morgan fingerprint density at radius 1 is 1.00 bits per heavy atom. The zero-order chi connectivity index (χ0) is 21.0. The molecule has 2 amide bonds. The number of methoxy groups -OCH3 is 2. The first-order valence-corrected chi connectivity index (χ1v) is 9.95. The quantitative estimate of drug-likeness (QED) is 0.767. The molecule has 0 bridgehead atoms. The average Bonchev–Trinajstić information content (AvgIpc) is 2.75. The Kier molecular flexibility index (Phi) is 6.87. The molecule has 6 nitrogen and oxygen atoms in total. The maximum Gasteiger partial charge on any atom is 0.255 e. The van der Waals surface area contributed by atoms with Gasteiger partial charge in [-0.1, -0.05) is 23.2 Å². The lowest BCUT2D eigenvalue weighted by molar-refractivity contribution is 0.0698. The maximum absolute atomic E-state index is 12.7. The summed E-state index contributed by atoms with van der Waals surface area (Å²) in [5, 5.41) is 3.87. The van der Waals surface area contributed by atoms with Crippen molar-refractivity contribution in [2.45, 2.75) is 18.9 Å². The van der Waals surface area contributed by atoms with Gasteiger partial charge in [-0.15, -0.1) is 0 Å². The molecule has 29 heavy (non-hydrogen) atoms. The number of nitrogens with one attached hydrogen (secondary N) is 1. The van der Waals surface area contributed by atoms with Crippen LogP contribution in [0.4, 0.5) is 0 Å². The Balaban J connectivity index is 1.60. The molecule has 0 atom stereocenters. The van der Waals surface area contributed by atoms with Gasteiger partial charge >= 0.3 is 0 Å². The Labute approximate surface area is 179 Å². The number of likely N-dealkylation sites (tertiary alicyclic amines) is 1. The van der Waals surface area contributed by atoms with Crippen LogP contribution in [0.2, 0.25) is 10.0 Å². The summed E-state index contributed by atoms with van der Waals surface area (Å²) in [5.41, 5.74) is 0.857. The first-order chi connectivity index (χ1) is 13.9. The summed E-state index contributed by atoms with van der Waals surface area (Å²) in [6.07, 6.45) is 1.30. The second-order valence-electron chi connectivity index (χ2n) is 6.77. The predicted molar refractivity (Wildman–Crippen MR) is 112 cm³/mol. The van der Waals surface area contributed by atoms with Gasteiger partial charge in [-0.25, -0.2) is 0 Å². The second-order valence-corrected chi connectivity index (χ2v) is 7.61. The fraction of sp³-hybridized carbons (Fsp3) is 0.333. The number of ether oxygens (including phenoxy) is 2. The Hall–Kier alpha value is -2.44. The topological polar surface area (TPSA) is 67.9 Å². The van der Waals surface area contributed by atoms with Crippen molar-refractivity contribution in [3.8, 4) is 11.5 Å². The van der Waals surface area contributed by atoms with Crippen molar-refractivity contribution < 1.29 is 19.1 Å². The number of benzene rings is 2. The minimum atomic E-state index is -0.204. The maximum atomic E-state index is 12.7. The van der Waals surface area contributed by atoms with Crippen molar-refractivity contribution in [2.24, 2.45) is 0 Å². The van der Waals surface area contributed by atoms with Gasteiger partial charge < -0.3 is 19.7 Å². The molecule has 1 heterocycles. The number of nitrogens with zero attached hydrogens (tertiary/aromatic N) is 1. The molecule has 0 unspecified atom stereocenters. The van der Waals surface area contributed by atoms with E-state index < -0.39 is 0 Å². The molecule has 0 saturated carbocycles. The number of hydrogen-bond donors (Lipinski definition) is 1. The van der Waals surface area contributed by atoms with Crippen LogP contribution in [0.25, 0.3) is 0 Å². The van der Waals surface area contributed by atoms with Gasteiger partial charge in [0, 0.05) is 35.8 Å². The Bertz CT molecular complexity index is 889. The van der Waals surface area contributed by atoms with Crippen LogP contribution >= 0.6 is 23.2 Å². The first kappa shape index (κ1) is 21.3. The van der Waals surface area contributed by atoms with Crippen molar-refractivity contribution in [3.05, 3.63) is 57.6 Å². The van der Waals surface area contributed by atoms with Gasteiger partial charge in [-0.2, -0.15) is 0 Å². The van der Waals surface area contributed by atoms with Crippen LogP contribution in [0.3, 0.4) is 0 Å². The van der Waals surface area contributed by atoms with Gasteiger partial charge in [-0.05, 0) is 43.2 Å². The van der Waals surface area contributed by atoms with Crippen LogP contribution in [0.5, 0.6) is 11.5 Å². The summed E-state index contributed by atoms with van der Waals surface area (Å²) in [7, 11) is 3.07. The van der Waals surface area contributed by atoms with E-state index >= 15 is 0 Å². The molecule has 0 spiro atoms. The molecular formula is C21H22Cl2N2O4. The van der Waals surface area contributed by atoms with E-state index in [-0.39, 0.29) is 17.9 Å². The molecule has 1 saturated heterocycles. The van der Waals surface area contributed by atoms with Crippen LogP contribution in [0.1, 0.15) is 33.6 Å². The summed E-state index contributed by atoms with van der Waals surface area (Å²) in [6, 6.07) is 9.86. The molecule has 8 heteroatoms. The normalized spacial score (nSPS) is 14.4. The van der Waals surface area contributed by atoms with Crippen LogP contribution in [0.15, 0.2) is 36.4 Å². The van der Waals surface area contributed by atoms with Crippen molar-refractivity contribution in [3.63, 3.8) is 0 Å². The van der Waals surface area contributed by atoms with E-state index in [1.807, 2.05) is 0 Å². The van der Waals surface area contributed by atoms with Crippen molar-refractivity contribution in [1.82, 2.24) is 10.2 Å². The van der Waals surface area contributed by atoms with E-state index in [0.717, 1.165) is 0 Å². The van der Waals surface area contributed by atoms with Gasteiger partial charge in [0.1, 0.15) is 11.5 Å². The van der Waals surface area contributed by atoms with E-state index in [2.05, 4.69) is 5.32 Å². The van der Waals surface area contributed by atoms with E-state index in [1.165, 1.54) is 14.2 Å². The third-order valence-electron chi connectivity index (χ3n) is 4.89. The summed E-state index contributed by atoms with van der Waals surface area (Å²) in [4.78, 5) is 27.1. The lowest BCUT2D eigenvalue weighted by Gasteiger charge is -2.32. The number of carbonyl (C=O) groups excluding carboxylic acids is 2. The third-order valence-corrected chi connectivity index (χ3v) is 5.45. The highest BCUT2D eigenvalue weighted by molar-refractivity contribution is 6.35. The summed E-state index contributed by atoms with van der Waals surface area (Å²) in [5.74, 6) is 0.742. The number of halogens is 2. The largest absolute Gasteiger partial charge is 0.497 e. The molecule has 0 aromatic heterocycles. The van der Waals surface area contributed by atoms with Gasteiger partial charge in [0.2, 0.25) is 0 Å². The molecule has 2 aromatic rings. The molecule has 2 aromatic carbocycles. The molecule has 154 valence electrons. The number of hydrogen-bond acceptors (Lipinski definition) is 4. The minimum Gasteiger partial charge on any atom is -0.497 e. The second kappa shape index (κ2) is 9.37. The van der Waals surface area contributed by atoms with E-state index in [4.69, 9.17) is 32.7 Å². The predicted octanol–water partition coefficient (Wildman–Crippen LogP) is 4.05. The highest BCUT2D eigenvalue weighted by atomic mass is 35.5. The standard InChI is InChI=1S/C21H22Cl2N2O4/c1-28-16-9-13(10-17(12-16)29-2)20(26)24-15-5-7-25(8-6-15)21(27)18-11-14(22)3-4-19(18)23/h3-4,9-12,15H,5-8H2,1-2H3,(H,24,26). The number of rotatable bonds is 5. The summed E-state index contributed by atoms with van der Waals surface area (Å²) >= 11 is 12.1. The zero-order valence-electron chi connectivity index (χ0n) is 16.2. The smallest absolute Gasteiger partial charge is 0.255 e. The van der Waals surface area contributed by atoms with E-state index in [0.29, 0.717) is 58.6 Å². The van der Waals surface area contributed by atoms with Crippen LogP contribution in [0, 0.1) is 0 Å². The van der Waals surface area contributed by atoms with Crippen LogP contribution in [-0.2, 0) is 0 Å². The van der Waals surface area contributed by atoms with Crippen molar-refractivity contribution in [2.75, 3.05) is 27.3 Å². The van der Waals surface area contributed by atoms with Gasteiger partial charge in [-0.3, -0.25) is 9.59 Å². The van der Waals surface area contributed by atoms with Crippen LogP contribution < -0.4 is 14.8 Å². The summed E-state index contributed by atoms with van der Waals surface area (Å²) in [6.45, 7) is 1.04. The summed E-state index contributed by atoms with van der Waals surface area (Å²) < 4.78 is 10.4.